The second kappa shape index (κ2) is 13.2. The number of halogens is 4. The summed E-state index contributed by atoms with van der Waals surface area (Å²) < 4.78 is 40.0. The molecule has 0 spiro atoms. The van der Waals surface area contributed by atoms with Crippen LogP contribution in [-0.4, -0.2) is 33.7 Å². The number of sulfonamides is 1. The number of rotatable bonds is 11. The van der Waals surface area contributed by atoms with Gasteiger partial charge in [-0.15, -0.1) is 0 Å². The Labute approximate surface area is 253 Å². The molecule has 1 heterocycles. The van der Waals surface area contributed by atoms with Gasteiger partial charge in [0.1, 0.15) is 33.0 Å². The average Bonchev–Trinajstić information content (AvgIpc) is 2.92. The number of aromatic nitrogens is 1. The minimum absolute atomic E-state index is 0.0291. The number of para-hydroxylation sites is 1. The molecule has 12 heteroatoms. The van der Waals surface area contributed by atoms with E-state index in [1.807, 2.05) is 48.2 Å². The monoisotopic (exact) mass is 639 g/mol. The number of benzene rings is 3. The molecular formula is C28H25Cl4N3O4S. The van der Waals surface area contributed by atoms with Crippen molar-refractivity contribution >= 4 is 67.8 Å². The van der Waals surface area contributed by atoms with Gasteiger partial charge >= 0.3 is 0 Å². The standard InChI is InChI=1S/C28H25Cl4N3O4S/c1-18-14-20(34-40(36,37)23-11-7-6-10-22(23)38-2)16-21(15-18)39-13-12-35(17-19-8-4-3-5-9-19)26-24(29)27(31)33-28(32)25(26)30/h3-11,14-16,34H,12-13,17H2,1-2H3. The van der Waals surface area contributed by atoms with Crippen LogP contribution in [0.3, 0.4) is 0 Å². The van der Waals surface area contributed by atoms with Gasteiger partial charge in [0.2, 0.25) is 0 Å². The topological polar surface area (TPSA) is 80.8 Å². The van der Waals surface area contributed by atoms with Crippen LogP contribution in [0.5, 0.6) is 11.5 Å². The number of nitrogens with zero attached hydrogens (tertiary/aromatic N) is 2. The second-order valence-electron chi connectivity index (χ2n) is 8.72. The summed E-state index contributed by atoms with van der Waals surface area (Å²) in [5, 5.41) is 0.428. The minimum atomic E-state index is -3.91. The van der Waals surface area contributed by atoms with Gasteiger partial charge in [-0.05, 0) is 42.3 Å². The summed E-state index contributed by atoms with van der Waals surface area (Å²) in [4.78, 5) is 5.91. The highest BCUT2D eigenvalue weighted by Gasteiger charge is 2.22. The molecule has 0 bridgehead atoms. The zero-order valence-corrected chi connectivity index (χ0v) is 25.3. The van der Waals surface area contributed by atoms with Crippen LogP contribution in [-0.2, 0) is 16.6 Å². The van der Waals surface area contributed by atoms with E-state index in [0.29, 0.717) is 30.2 Å². The maximum atomic E-state index is 13.1. The Morgan fingerprint density at radius 3 is 2.23 bits per heavy atom. The minimum Gasteiger partial charge on any atom is -0.495 e. The third-order valence-electron chi connectivity index (χ3n) is 5.80. The van der Waals surface area contributed by atoms with E-state index >= 15 is 0 Å². The molecule has 0 atom stereocenters. The quantitative estimate of drug-likeness (QED) is 0.168. The summed E-state index contributed by atoms with van der Waals surface area (Å²) in [6, 6.07) is 21.3. The lowest BCUT2D eigenvalue weighted by Crippen LogP contribution is -2.28. The fourth-order valence-corrected chi connectivity index (χ4v) is 6.21. The molecule has 210 valence electrons. The molecule has 1 aromatic heterocycles. The van der Waals surface area contributed by atoms with Crippen molar-refractivity contribution in [3.05, 3.63) is 104 Å². The first-order valence-corrected chi connectivity index (χ1v) is 15.0. The van der Waals surface area contributed by atoms with Gasteiger partial charge in [0.05, 0.1) is 25.0 Å². The number of aryl methyl sites for hydroxylation is 1. The predicted molar refractivity (Wildman–Crippen MR) is 162 cm³/mol. The fraction of sp³-hybridized carbons (Fsp3) is 0.179. The number of anilines is 2. The van der Waals surface area contributed by atoms with E-state index in [9.17, 15) is 8.42 Å². The van der Waals surface area contributed by atoms with Gasteiger partial charge < -0.3 is 14.4 Å². The van der Waals surface area contributed by atoms with Crippen molar-refractivity contribution in [3.8, 4) is 11.5 Å². The van der Waals surface area contributed by atoms with Crippen LogP contribution in [0.25, 0.3) is 0 Å². The molecule has 7 nitrogen and oxygen atoms in total. The van der Waals surface area contributed by atoms with Crippen LogP contribution < -0.4 is 19.1 Å². The van der Waals surface area contributed by atoms with Gasteiger partial charge in [0.15, 0.2) is 10.3 Å². The third kappa shape index (κ3) is 7.25. The van der Waals surface area contributed by atoms with Crippen molar-refractivity contribution < 1.29 is 17.9 Å². The van der Waals surface area contributed by atoms with Crippen LogP contribution in [0, 0.1) is 6.92 Å². The first-order valence-electron chi connectivity index (χ1n) is 12.0. The maximum Gasteiger partial charge on any atom is 0.265 e. The zero-order valence-electron chi connectivity index (χ0n) is 21.5. The lowest BCUT2D eigenvalue weighted by molar-refractivity contribution is 0.323. The van der Waals surface area contributed by atoms with Crippen LogP contribution in [0.15, 0.2) is 77.7 Å². The van der Waals surface area contributed by atoms with Crippen molar-refractivity contribution in [1.82, 2.24) is 4.98 Å². The Kier molecular flexibility index (Phi) is 9.92. The molecule has 0 fully saturated rings. The van der Waals surface area contributed by atoms with Crippen molar-refractivity contribution in [2.24, 2.45) is 0 Å². The largest absolute Gasteiger partial charge is 0.495 e. The molecule has 0 radical (unpaired) electrons. The molecule has 40 heavy (non-hydrogen) atoms. The van der Waals surface area contributed by atoms with Crippen molar-refractivity contribution in [3.63, 3.8) is 0 Å². The highest BCUT2D eigenvalue weighted by Crippen LogP contribution is 2.41. The Morgan fingerprint density at radius 2 is 1.55 bits per heavy atom. The first kappa shape index (κ1) is 30.1. The van der Waals surface area contributed by atoms with Crippen molar-refractivity contribution in [2.45, 2.75) is 18.4 Å². The molecule has 4 rings (SSSR count). The van der Waals surface area contributed by atoms with Crippen LogP contribution >= 0.6 is 46.4 Å². The molecule has 1 N–H and O–H groups in total. The summed E-state index contributed by atoms with van der Waals surface area (Å²) in [6.07, 6.45) is 0. The number of hydrogen-bond donors (Lipinski definition) is 1. The van der Waals surface area contributed by atoms with Crippen LogP contribution in [0.1, 0.15) is 11.1 Å². The number of nitrogens with one attached hydrogen (secondary N) is 1. The molecule has 0 aliphatic carbocycles. The molecule has 4 aromatic rings. The van der Waals surface area contributed by atoms with Gasteiger partial charge in [-0.2, -0.15) is 0 Å². The Bertz CT molecular complexity index is 1580. The normalized spacial score (nSPS) is 11.2. The Balaban J connectivity index is 1.55. The van der Waals surface area contributed by atoms with E-state index in [0.717, 1.165) is 11.1 Å². The maximum absolute atomic E-state index is 13.1. The summed E-state index contributed by atoms with van der Waals surface area (Å²) in [6.45, 7) is 2.84. The Morgan fingerprint density at radius 1 is 0.900 bits per heavy atom. The van der Waals surface area contributed by atoms with Gasteiger partial charge in [-0.1, -0.05) is 88.9 Å². The Hall–Kier alpha value is -2.88. The molecular weight excluding hydrogens is 616 g/mol. The van der Waals surface area contributed by atoms with E-state index in [4.69, 9.17) is 55.9 Å². The van der Waals surface area contributed by atoms with Crippen LogP contribution in [0.4, 0.5) is 11.4 Å². The summed E-state index contributed by atoms with van der Waals surface area (Å²) in [5.41, 5.74) is 2.59. The summed E-state index contributed by atoms with van der Waals surface area (Å²) in [5.74, 6) is 0.714. The van der Waals surface area contributed by atoms with Gasteiger partial charge in [-0.25, -0.2) is 13.4 Å². The predicted octanol–water partition coefficient (Wildman–Crippen LogP) is 7.90. The highest BCUT2D eigenvalue weighted by atomic mass is 35.5. The molecule has 3 aromatic carbocycles. The second-order valence-corrected chi connectivity index (χ2v) is 11.8. The van der Waals surface area contributed by atoms with E-state index < -0.39 is 10.0 Å². The van der Waals surface area contributed by atoms with Gasteiger partial charge in [-0.3, -0.25) is 4.72 Å². The highest BCUT2D eigenvalue weighted by molar-refractivity contribution is 7.92. The number of pyridine rings is 1. The fourth-order valence-electron chi connectivity index (χ4n) is 4.04. The van der Waals surface area contributed by atoms with Gasteiger partial charge in [0.25, 0.3) is 10.0 Å². The van der Waals surface area contributed by atoms with E-state index in [1.165, 1.54) is 13.2 Å². The SMILES string of the molecule is COc1ccccc1S(=O)(=O)Nc1cc(C)cc(OCCN(Cc2ccccc2)c2c(Cl)c(Cl)nc(Cl)c2Cl)c1. The van der Waals surface area contributed by atoms with E-state index in [1.54, 1.807) is 30.3 Å². The average molecular weight is 641 g/mol. The molecule has 0 saturated heterocycles. The van der Waals surface area contributed by atoms with Crippen LogP contribution in [0.2, 0.25) is 20.4 Å². The lowest BCUT2D eigenvalue weighted by Gasteiger charge is -2.27. The zero-order chi connectivity index (χ0) is 28.9. The molecule has 0 aliphatic rings. The first-order chi connectivity index (χ1) is 19.1. The molecule has 0 aliphatic heterocycles. The molecule has 0 saturated carbocycles. The van der Waals surface area contributed by atoms with Crippen molar-refractivity contribution in [2.75, 3.05) is 29.9 Å². The number of ether oxygens (including phenoxy) is 2. The molecule has 0 unspecified atom stereocenters. The van der Waals surface area contributed by atoms with Gasteiger partial charge in [0, 0.05) is 12.6 Å². The number of methoxy groups -OCH3 is 1. The summed E-state index contributed by atoms with van der Waals surface area (Å²) in [7, 11) is -2.49. The lowest BCUT2D eigenvalue weighted by atomic mass is 10.2. The third-order valence-corrected chi connectivity index (χ3v) is 8.68. The smallest absolute Gasteiger partial charge is 0.265 e. The molecule has 0 amide bonds. The summed E-state index contributed by atoms with van der Waals surface area (Å²) >= 11 is 25.4. The number of hydrogen-bond acceptors (Lipinski definition) is 6. The van der Waals surface area contributed by atoms with E-state index in [-0.39, 0.29) is 37.6 Å². The van der Waals surface area contributed by atoms with E-state index in [2.05, 4.69) is 9.71 Å². The van der Waals surface area contributed by atoms with Crippen molar-refractivity contribution in [1.29, 1.82) is 0 Å².